The molecule has 2 N–H and O–H groups in total. The molecule has 1 atom stereocenters. The van der Waals surface area contributed by atoms with E-state index in [2.05, 4.69) is 21.2 Å². The van der Waals surface area contributed by atoms with Crippen LogP contribution < -0.4 is 5.32 Å². The number of carbonyl (C=O) groups excluding carboxylic acids is 1. The van der Waals surface area contributed by atoms with Gasteiger partial charge < -0.3 is 15.3 Å². The Kier molecular flexibility index (Phi) is 4.88. The molecule has 1 aliphatic rings. The van der Waals surface area contributed by atoms with Gasteiger partial charge in [0.2, 0.25) is 0 Å². The van der Waals surface area contributed by atoms with Gasteiger partial charge in [-0.3, -0.25) is 4.79 Å². The van der Waals surface area contributed by atoms with Gasteiger partial charge in [-0.25, -0.2) is 4.79 Å². The van der Waals surface area contributed by atoms with Gasteiger partial charge in [0.25, 0.3) is 0 Å². The van der Waals surface area contributed by atoms with Crippen molar-refractivity contribution in [1.29, 1.82) is 0 Å². The summed E-state index contributed by atoms with van der Waals surface area (Å²) < 4.78 is 0.806. The number of benzene rings is 1. The Balaban J connectivity index is 2.07. The number of hydrogen-bond acceptors (Lipinski definition) is 2. The third-order valence-electron chi connectivity index (χ3n) is 3.22. The van der Waals surface area contributed by atoms with Crippen LogP contribution in [0, 0.1) is 0 Å². The van der Waals surface area contributed by atoms with E-state index in [0.29, 0.717) is 23.7 Å². The van der Waals surface area contributed by atoms with Gasteiger partial charge in [0.15, 0.2) is 0 Å². The second-order valence-corrected chi connectivity index (χ2v) is 5.96. The summed E-state index contributed by atoms with van der Waals surface area (Å²) in [5.41, 5.74) is 0.506. The molecule has 1 aromatic carbocycles. The van der Waals surface area contributed by atoms with E-state index in [9.17, 15) is 9.59 Å². The van der Waals surface area contributed by atoms with Crippen molar-refractivity contribution in [1.82, 2.24) is 4.90 Å². The van der Waals surface area contributed by atoms with Gasteiger partial charge in [0, 0.05) is 17.1 Å². The summed E-state index contributed by atoms with van der Waals surface area (Å²) in [7, 11) is 0. The van der Waals surface area contributed by atoms with E-state index in [1.54, 1.807) is 23.1 Å². The van der Waals surface area contributed by atoms with E-state index in [1.165, 1.54) is 0 Å². The third kappa shape index (κ3) is 3.64. The van der Waals surface area contributed by atoms with E-state index >= 15 is 0 Å². The summed E-state index contributed by atoms with van der Waals surface area (Å²) in [4.78, 5) is 24.6. The molecule has 1 heterocycles. The number of aliphatic carboxylic acids is 1. The molecule has 0 aliphatic carbocycles. The molecule has 7 heteroatoms. The molecule has 2 amide bonds. The zero-order valence-electron chi connectivity index (χ0n) is 10.6. The van der Waals surface area contributed by atoms with E-state index in [1.807, 2.05) is 0 Å². The normalized spacial score (nSPS) is 18.1. The van der Waals surface area contributed by atoms with Gasteiger partial charge in [-0.05, 0) is 31.0 Å². The number of rotatable bonds is 3. The minimum atomic E-state index is -0.893. The number of halogens is 2. The predicted molar refractivity (Wildman–Crippen MR) is 80.2 cm³/mol. The highest BCUT2D eigenvalue weighted by molar-refractivity contribution is 9.10. The first-order valence-electron chi connectivity index (χ1n) is 6.22. The maximum Gasteiger partial charge on any atom is 0.322 e. The smallest absolute Gasteiger partial charge is 0.322 e. The van der Waals surface area contributed by atoms with E-state index in [4.69, 9.17) is 16.7 Å². The number of nitrogens with one attached hydrogen (secondary N) is 1. The van der Waals surface area contributed by atoms with E-state index in [-0.39, 0.29) is 18.5 Å². The Morgan fingerprint density at radius 2 is 2.25 bits per heavy atom. The highest BCUT2D eigenvalue weighted by Gasteiger charge is 2.30. The van der Waals surface area contributed by atoms with Crippen molar-refractivity contribution in [2.24, 2.45) is 0 Å². The highest BCUT2D eigenvalue weighted by atomic mass is 79.9. The van der Waals surface area contributed by atoms with Crippen molar-refractivity contribution in [3.05, 3.63) is 27.7 Å². The first-order chi connectivity index (χ1) is 9.47. The SMILES string of the molecule is O=C(O)CC1CCCN1C(=O)Nc1cc(Br)ccc1Cl. The topological polar surface area (TPSA) is 69.6 Å². The highest BCUT2D eigenvalue weighted by Crippen LogP contribution is 2.27. The van der Waals surface area contributed by atoms with Crippen LogP contribution in [0.4, 0.5) is 10.5 Å². The maximum atomic E-state index is 12.2. The molecule has 0 radical (unpaired) electrons. The molecule has 0 bridgehead atoms. The van der Waals surface area contributed by atoms with Crippen LogP contribution in [0.2, 0.25) is 5.02 Å². The monoisotopic (exact) mass is 360 g/mol. The Labute approximate surface area is 130 Å². The number of anilines is 1. The summed E-state index contributed by atoms with van der Waals surface area (Å²) in [6, 6.07) is 4.61. The lowest BCUT2D eigenvalue weighted by Crippen LogP contribution is -2.39. The molecule has 1 unspecified atom stereocenters. The summed E-state index contributed by atoms with van der Waals surface area (Å²) in [5, 5.41) is 12.0. The van der Waals surface area contributed by atoms with Gasteiger partial charge in [-0.2, -0.15) is 0 Å². The quantitative estimate of drug-likeness (QED) is 0.864. The largest absolute Gasteiger partial charge is 0.481 e. The molecule has 0 spiro atoms. The van der Waals surface area contributed by atoms with Crippen molar-refractivity contribution in [2.45, 2.75) is 25.3 Å². The Morgan fingerprint density at radius 3 is 2.95 bits per heavy atom. The first kappa shape index (κ1) is 15.1. The standard InChI is InChI=1S/C13H14BrClN2O3/c14-8-3-4-10(15)11(6-8)16-13(20)17-5-1-2-9(17)7-12(18)19/h3-4,6,9H,1-2,5,7H2,(H,16,20)(H,18,19). The third-order valence-corrected chi connectivity index (χ3v) is 4.04. The van der Waals surface area contributed by atoms with Gasteiger partial charge in [-0.15, -0.1) is 0 Å². The number of amides is 2. The minimum Gasteiger partial charge on any atom is -0.481 e. The number of likely N-dealkylation sites (tertiary alicyclic amines) is 1. The fourth-order valence-corrected chi connectivity index (χ4v) is 2.82. The van der Waals surface area contributed by atoms with Crippen molar-refractivity contribution < 1.29 is 14.7 Å². The average molecular weight is 362 g/mol. The fourth-order valence-electron chi connectivity index (χ4n) is 2.30. The number of carboxylic acid groups (broad SMARTS) is 1. The zero-order valence-corrected chi connectivity index (χ0v) is 12.9. The second-order valence-electron chi connectivity index (χ2n) is 4.64. The van der Waals surface area contributed by atoms with Gasteiger partial charge in [-0.1, -0.05) is 27.5 Å². The van der Waals surface area contributed by atoms with Crippen LogP contribution in [0.3, 0.4) is 0 Å². The van der Waals surface area contributed by atoms with Crippen molar-refractivity contribution in [3.63, 3.8) is 0 Å². The van der Waals surface area contributed by atoms with Gasteiger partial charge >= 0.3 is 12.0 Å². The van der Waals surface area contributed by atoms with Crippen LogP contribution >= 0.6 is 27.5 Å². The van der Waals surface area contributed by atoms with Gasteiger partial charge in [0.1, 0.15) is 0 Å². The van der Waals surface area contributed by atoms with E-state index < -0.39 is 5.97 Å². The fraction of sp³-hybridized carbons (Fsp3) is 0.385. The average Bonchev–Trinajstić information content (AvgIpc) is 2.81. The molecular formula is C13H14BrClN2O3. The number of hydrogen-bond donors (Lipinski definition) is 2. The van der Waals surface area contributed by atoms with Crippen LogP contribution in [0.1, 0.15) is 19.3 Å². The molecule has 20 heavy (non-hydrogen) atoms. The minimum absolute atomic E-state index is 0.0281. The molecule has 1 aliphatic heterocycles. The zero-order chi connectivity index (χ0) is 14.7. The Hall–Kier alpha value is -1.27. The summed E-state index contributed by atoms with van der Waals surface area (Å²) in [6.07, 6.45) is 1.50. The number of urea groups is 1. The summed E-state index contributed by atoms with van der Waals surface area (Å²) in [5.74, 6) is -0.893. The number of carbonyl (C=O) groups is 2. The summed E-state index contributed by atoms with van der Waals surface area (Å²) >= 11 is 9.33. The molecule has 5 nitrogen and oxygen atoms in total. The molecule has 0 saturated carbocycles. The van der Waals surface area contributed by atoms with Crippen LogP contribution in [0.25, 0.3) is 0 Å². The van der Waals surface area contributed by atoms with Crippen LogP contribution in [-0.2, 0) is 4.79 Å². The Morgan fingerprint density at radius 1 is 1.50 bits per heavy atom. The lowest BCUT2D eigenvalue weighted by Gasteiger charge is -2.24. The van der Waals surface area contributed by atoms with E-state index in [0.717, 1.165) is 10.9 Å². The van der Waals surface area contributed by atoms with Crippen LogP contribution in [0.5, 0.6) is 0 Å². The molecular weight excluding hydrogens is 348 g/mol. The van der Waals surface area contributed by atoms with Crippen molar-refractivity contribution in [2.75, 3.05) is 11.9 Å². The lowest BCUT2D eigenvalue weighted by molar-refractivity contribution is -0.137. The molecule has 108 valence electrons. The van der Waals surface area contributed by atoms with Crippen LogP contribution in [-0.4, -0.2) is 34.6 Å². The predicted octanol–water partition coefficient (Wildman–Crippen LogP) is 3.57. The second kappa shape index (κ2) is 6.45. The summed E-state index contributed by atoms with van der Waals surface area (Å²) in [6.45, 7) is 0.565. The lowest BCUT2D eigenvalue weighted by atomic mass is 10.1. The van der Waals surface area contributed by atoms with Crippen molar-refractivity contribution >= 4 is 45.2 Å². The van der Waals surface area contributed by atoms with Gasteiger partial charge in [0.05, 0.1) is 17.1 Å². The van der Waals surface area contributed by atoms with Crippen molar-refractivity contribution in [3.8, 4) is 0 Å². The molecule has 2 rings (SSSR count). The molecule has 0 aromatic heterocycles. The Bertz CT molecular complexity index is 538. The first-order valence-corrected chi connectivity index (χ1v) is 7.39. The molecule has 1 saturated heterocycles. The van der Waals surface area contributed by atoms with Crippen LogP contribution in [0.15, 0.2) is 22.7 Å². The maximum absolute atomic E-state index is 12.2. The molecule has 1 aromatic rings. The number of nitrogens with zero attached hydrogens (tertiary/aromatic N) is 1. The number of carboxylic acids is 1. The molecule has 1 fully saturated rings.